The van der Waals surface area contributed by atoms with Crippen molar-refractivity contribution >= 4 is 11.9 Å². The summed E-state index contributed by atoms with van der Waals surface area (Å²) >= 11 is 0. The molecule has 10 nitrogen and oxygen atoms in total. The van der Waals surface area contributed by atoms with Gasteiger partial charge in [-0.3, -0.25) is 9.59 Å². The topological polar surface area (TPSA) is 147 Å². The van der Waals surface area contributed by atoms with Crippen LogP contribution in [0.25, 0.3) is 0 Å². The van der Waals surface area contributed by atoms with Crippen molar-refractivity contribution in [1.29, 1.82) is 0 Å². The molecule has 0 aromatic carbocycles. The van der Waals surface area contributed by atoms with Crippen LogP contribution in [-0.2, 0) is 9.59 Å². The minimum Gasteiger partial charge on any atom is -1.00 e. The third-order valence-corrected chi connectivity index (χ3v) is 3.77. The van der Waals surface area contributed by atoms with E-state index in [4.69, 9.17) is 15.9 Å². The first-order valence-corrected chi connectivity index (χ1v) is 7.52. The zero-order chi connectivity index (χ0) is 16.8. The lowest BCUT2D eigenvalue weighted by Gasteiger charge is -2.30. The second kappa shape index (κ2) is 9.52. The van der Waals surface area contributed by atoms with Crippen LogP contribution >= 0.6 is 0 Å². The number of nitrogens with zero attached hydrogens (tertiary/aromatic N) is 4. The van der Waals surface area contributed by atoms with Crippen molar-refractivity contribution in [2.75, 3.05) is 32.8 Å². The molecular weight excluding hydrogens is 340 g/mol. The van der Waals surface area contributed by atoms with E-state index in [1.807, 2.05) is 0 Å². The van der Waals surface area contributed by atoms with E-state index in [0.717, 1.165) is 0 Å². The number of carboxylic acids is 1. The van der Waals surface area contributed by atoms with Crippen LogP contribution in [0.3, 0.4) is 0 Å². The summed E-state index contributed by atoms with van der Waals surface area (Å²) in [5.74, 6) is -1.16. The second-order valence-corrected chi connectivity index (χ2v) is 5.44. The summed E-state index contributed by atoms with van der Waals surface area (Å²) in [5.41, 5.74) is 6.05. The van der Waals surface area contributed by atoms with Crippen LogP contribution in [0.15, 0.2) is 6.20 Å². The number of aliphatic hydroxyl groups excluding tert-OH is 1. The van der Waals surface area contributed by atoms with Crippen molar-refractivity contribution < 1.29 is 32.2 Å². The lowest BCUT2D eigenvalue weighted by atomic mass is 10.1. The van der Waals surface area contributed by atoms with Crippen molar-refractivity contribution in [2.45, 2.75) is 24.9 Å². The molecule has 2 rings (SSSR count). The van der Waals surface area contributed by atoms with Gasteiger partial charge in [-0.25, -0.2) is 4.68 Å². The Labute approximate surface area is 145 Å². The van der Waals surface area contributed by atoms with E-state index in [0.29, 0.717) is 31.9 Å². The molecule has 1 fully saturated rings. The van der Waals surface area contributed by atoms with E-state index in [1.54, 1.807) is 4.90 Å². The highest BCUT2D eigenvalue weighted by Crippen LogP contribution is 2.18. The van der Waals surface area contributed by atoms with Gasteiger partial charge >= 0.3 is 5.97 Å². The van der Waals surface area contributed by atoms with Crippen molar-refractivity contribution in [1.82, 2.24) is 25.2 Å². The van der Waals surface area contributed by atoms with Crippen LogP contribution in [0.5, 0.6) is 0 Å². The van der Waals surface area contributed by atoms with Crippen molar-refractivity contribution in [3.63, 3.8) is 0 Å². The normalized spacial score (nSPS) is 17.0. The fourth-order valence-corrected chi connectivity index (χ4v) is 2.43. The average molecular weight is 362 g/mol. The van der Waals surface area contributed by atoms with E-state index in [9.17, 15) is 9.59 Å². The summed E-state index contributed by atoms with van der Waals surface area (Å²) in [6.45, 7) is 2.26. The molecule has 1 aliphatic heterocycles. The molecule has 136 valence electrons. The number of amides is 1. The van der Waals surface area contributed by atoms with Crippen LogP contribution in [0.2, 0.25) is 0 Å². The molecule has 1 saturated heterocycles. The molecule has 1 amide bonds. The average Bonchev–Trinajstić information content (AvgIpc) is 3.04. The maximum Gasteiger partial charge on any atom is 0.303 e. The molecule has 0 bridgehead atoms. The van der Waals surface area contributed by atoms with Crippen molar-refractivity contribution in [3.05, 3.63) is 11.9 Å². The Balaban J connectivity index is 0.00000288. The fraction of sp³-hybridized carbons (Fsp3) is 0.692. The highest BCUT2D eigenvalue weighted by atomic mass is 35.5. The number of carboxylic acid groups (broad SMARTS) is 1. The van der Waals surface area contributed by atoms with Gasteiger partial charge < -0.3 is 38.6 Å². The molecule has 2 unspecified atom stereocenters. The molecule has 0 aliphatic carbocycles. The first-order valence-electron chi connectivity index (χ1n) is 7.52. The minimum atomic E-state index is -0.976. The van der Waals surface area contributed by atoms with Gasteiger partial charge in [-0.15, -0.1) is 5.10 Å². The number of nitrogens with one attached hydrogen (secondary N) is 1. The lowest BCUT2D eigenvalue weighted by molar-refractivity contribution is -0.139. The molecule has 24 heavy (non-hydrogen) atoms. The number of halogens is 1. The summed E-state index contributed by atoms with van der Waals surface area (Å²) in [5, 5.41) is 28.9. The monoisotopic (exact) mass is 361 g/mol. The number of hydrogen-bond donors (Lipinski definition) is 4. The fourth-order valence-electron chi connectivity index (χ4n) is 2.43. The second-order valence-electron chi connectivity index (χ2n) is 5.44. The van der Waals surface area contributed by atoms with Crippen molar-refractivity contribution in [2.24, 2.45) is 5.73 Å². The van der Waals surface area contributed by atoms with Crippen LogP contribution in [-0.4, -0.2) is 74.8 Å². The molecule has 2 atom stereocenters. The quantitative estimate of drug-likeness (QED) is 0.378. The van der Waals surface area contributed by atoms with Gasteiger partial charge in [0.15, 0.2) is 0 Å². The number of nitrogens with two attached hydrogens (primary N) is 1. The van der Waals surface area contributed by atoms with Gasteiger partial charge in [0, 0.05) is 32.6 Å². The zero-order valence-corrected chi connectivity index (χ0v) is 13.9. The number of aromatic nitrogens is 3. The number of aliphatic hydroxyl groups is 1. The number of rotatable bonds is 7. The predicted octanol–water partition coefficient (Wildman–Crippen LogP) is -4.89. The summed E-state index contributed by atoms with van der Waals surface area (Å²) in [4.78, 5) is 25.2. The van der Waals surface area contributed by atoms with Gasteiger partial charge in [0.05, 0.1) is 18.8 Å². The van der Waals surface area contributed by atoms with Gasteiger partial charge in [0.1, 0.15) is 11.7 Å². The summed E-state index contributed by atoms with van der Waals surface area (Å²) in [6.07, 6.45) is 1.46. The molecule has 0 radical (unpaired) electrons. The van der Waals surface area contributed by atoms with Gasteiger partial charge in [-0.2, -0.15) is 0 Å². The van der Waals surface area contributed by atoms with E-state index in [1.165, 1.54) is 10.9 Å². The van der Waals surface area contributed by atoms with Crippen LogP contribution < -0.4 is 23.5 Å². The Kier molecular flexibility index (Phi) is 8.05. The molecule has 1 aromatic rings. The number of hydrogen-bond acceptors (Lipinski definition) is 7. The first kappa shape index (κ1) is 20.3. The van der Waals surface area contributed by atoms with Crippen molar-refractivity contribution in [3.8, 4) is 0 Å². The predicted molar refractivity (Wildman–Crippen MR) is 79.4 cm³/mol. The highest BCUT2D eigenvalue weighted by Gasteiger charge is 2.29. The molecular formula is C13H22ClN6O4-. The molecule has 2 heterocycles. The number of aliphatic carboxylic acids is 1. The van der Waals surface area contributed by atoms with E-state index < -0.39 is 18.1 Å². The molecule has 5 N–H and O–H groups in total. The molecule has 1 aliphatic rings. The number of piperazine rings is 1. The molecule has 0 spiro atoms. The van der Waals surface area contributed by atoms with Gasteiger partial charge in [-0.1, -0.05) is 5.21 Å². The highest BCUT2D eigenvalue weighted by molar-refractivity contribution is 5.81. The minimum absolute atomic E-state index is 0. The summed E-state index contributed by atoms with van der Waals surface area (Å²) in [7, 11) is 0. The standard InChI is InChI=1S/C13H22N6O4.ClH/c14-9(8-20)10-7-19(17-16-10)11(1-2-12(21)22)13(23)18-5-3-15-4-6-18;/h7,9,11,15,20H,1-6,8,14H2,(H,21,22);1H/p-1. The van der Waals surface area contributed by atoms with Crippen LogP contribution in [0, 0.1) is 0 Å². The van der Waals surface area contributed by atoms with Gasteiger partial charge in [0.2, 0.25) is 5.91 Å². The Morgan fingerprint density at radius 2 is 2.04 bits per heavy atom. The maximum atomic E-state index is 12.7. The van der Waals surface area contributed by atoms with E-state index in [2.05, 4.69) is 15.6 Å². The Morgan fingerprint density at radius 3 is 2.62 bits per heavy atom. The van der Waals surface area contributed by atoms with E-state index in [-0.39, 0.29) is 37.8 Å². The SMILES string of the molecule is NC(CO)c1cn(C(CCC(=O)O)C(=O)N2CCNCC2)nn1.[Cl-]. The van der Waals surface area contributed by atoms with E-state index >= 15 is 0 Å². The third-order valence-electron chi connectivity index (χ3n) is 3.77. The Bertz CT molecular complexity index is 548. The first-order chi connectivity index (χ1) is 11.0. The summed E-state index contributed by atoms with van der Waals surface area (Å²) in [6, 6.07) is -1.42. The molecule has 11 heteroatoms. The largest absolute Gasteiger partial charge is 1.00 e. The van der Waals surface area contributed by atoms with Gasteiger partial charge in [0.25, 0.3) is 0 Å². The van der Waals surface area contributed by atoms with Crippen LogP contribution in [0.4, 0.5) is 0 Å². The number of carbonyl (C=O) groups is 2. The smallest absolute Gasteiger partial charge is 0.303 e. The lowest BCUT2D eigenvalue weighted by Crippen LogP contribution is -3.00. The molecule has 0 saturated carbocycles. The van der Waals surface area contributed by atoms with Gasteiger partial charge in [-0.05, 0) is 6.42 Å². The zero-order valence-electron chi connectivity index (χ0n) is 13.1. The maximum absolute atomic E-state index is 12.7. The number of carbonyl (C=O) groups excluding carboxylic acids is 1. The Hall–Kier alpha value is -1.75. The van der Waals surface area contributed by atoms with Crippen LogP contribution in [0.1, 0.15) is 30.6 Å². The third kappa shape index (κ3) is 5.13. The molecule has 1 aromatic heterocycles. The summed E-state index contributed by atoms with van der Waals surface area (Å²) < 4.78 is 1.35. The Morgan fingerprint density at radius 1 is 1.38 bits per heavy atom.